The van der Waals surface area contributed by atoms with Crippen LogP contribution in [0.5, 0.6) is 0 Å². The summed E-state index contributed by atoms with van der Waals surface area (Å²) < 4.78 is 36.9. The van der Waals surface area contributed by atoms with Gasteiger partial charge < -0.3 is 9.47 Å². The normalized spacial score (nSPS) is 11.0. The van der Waals surface area contributed by atoms with Gasteiger partial charge >= 0.3 is 11.9 Å². The van der Waals surface area contributed by atoms with E-state index in [0.717, 1.165) is 9.20 Å². The number of anilines is 1. The van der Waals surface area contributed by atoms with Gasteiger partial charge in [0.05, 0.1) is 30.4 Å². The molecule has 2 rings (SSSR count). The number of esters is 2. The van der Waals surface area contributed by atoms with Crippen LogP contribution >= 0.6 is 11.8 Å². The standard InChI is InChI=1S/C19H21NO6S2/c1-13-5-6-14(19(22)26-3)11-17(13)20(12-18(21)25-2)28(23,24)16-9-7-15(27-4)8-10-16/h5-11H,12H2,1-4H3. The number of carbonyl (C=O) groups is 2. The molecule has 0 fully saturated rings. The molecule has 150 valence electrons. The molecule has 0 N–H and O–H groups in total. The van der Waals surface area contributed by atoms with Crippen LogP contribution in [-0.4, -0.2) is 47.4 Å². The third-order valence-corrected chi connectivity index (χ3v) is 6.56. The molecule has 0 aliphatic heterocycles. The summed E-state index contributed by atoms with van der Waals surface area (Å²) in [7, 11) is -1.67. The number of sulfonamides is 1. The van der Waals surface area contributed by atoms with Crippen molar-refractivity contribution >= 4 is 39.4 Å². The third kappa shape index (κ3) is 4.66. The minimum Gasteiger partial charge on any atom is -0.468 e. The van der Waals surface area contributed by atoms with Crippen LogP contribution in [0.3, 0.4) is 0 Å². The number of methoxy groups -OCH3 is 2. The maximum atomic E-state index is 13.3. The van der Waals surface area contributed by atoms with Gasteiger partial charge in [-0.15, -0.1) is 11.8 Å². The van der Waals surface area contributed by atoms with Gasteiger partial charge in [-0.3, -0.25) is 9.10 Å². The van der Waals surface area contributed by atoms with Crippen molar-refractivity contribution in [2.45, 2.75) is 16.7 Å². The molecule has 0 spiro atoms. The van der Waals surface area contributed by atoms with Crippen LogP contribution in [0, 0.1) is 6.92 Å². The van der Waals surface area contributed by atoms with Gasteiger partial charge in [-0.25, -0.2) is 13.2 Å². The van der Waals surface area contributed by atoms with Crippen LogP contribution in [0.25, 0.3) is 0 Å². The maximum absolute atomic E-state index is 13.3. The fourth-order valence-corrected chi connectivity index (χ4v) is 4.35. The van der Waals surface area contributed by atoms with E-state index in [9.17, 15) is 18.0 Å². The summed E-state index contributed by atoms with van der Waals surface area (Å²) in [4.78, 5) is 24.8. The molecule has 0 saturated heterocycles. The zero-order valence-electron chi connectivity index (χ0n) is 16.0. The van der Waals surface area contributed by atoms with Crippen molar-refractivity contribution in [2.24, 2.45) is 0 Å². The summed E-state index contributed by atoms with van der Waals surface area (Å²) >= 11 is 1.48. The molecular weight excluding hydrogens is 402 g/mol. The number of aryl methyl sites for hydroxylation is 1. The quantitative estimate of drug-likeness (QED) is 0.500. The van der Waals surface area contributed by atoms with E-state index in [-0.39, 0.29) is 16.1 Å². The third-order valence-electron chi connectivity index (χ3n) is 4.05. The van der Waals surface area contributed by atoms with Gasteiger partial charge in [0.1, 0.15) is 6.54 Å². The Balaban J connectivity index is 2.61. The molecule has 0 saturated carbocycles. The first-order valence-electron chi connectivity index (χ1n) is 8.17. The van der Waals surface area contributed by atoms with Crippen LogP contribution < -0.4 is 4.31 Å². The topological polar surface area (TPSA) is 90.0 Å². The lowest BCUT2D eigenvalue weighted by Gasteiger charge is -2.25. The molecular formula is C19H21NO6S2. The predicted octanol–water partition coefficient (Wildman–Crippen LogP) is 2.87. The van der Waals surface area contributed by atoms with Gasteiger partial charge in [0.2, 0.25) is 0 Å². The molecule has 0 amide bonds. The van der Waals surface area contributed by atoms with E-state index in [1.165, 1.54) is 50.2 Å². The Morgan fingerprint density at radius 1 is 1.04 bits per heavy atom. The van der Waals surface area contributed by atoms with Gasteiger partial charge in [0.15, 0.2) is 0 Å². The van der Waals surface area contributed by atoms with Crippen molar-refractivity contribution in [2.75, 3.05) is 31.3 Å². The highest BCUT2D eigenvalue weighted by Gasteiger charge is 2.29. The van der Waals surface area contributed by atoms with Crippen molar-refractivity contribution in [1.29, 1.82) is 0 Å². The minimum absolute atomic E-state index is 0.0251. The molecule has 0 aliphatic rings. The summed E-state index contributed by atoms with van der Waals surface area (Å²) in [6, 6.07) is 10.8. The lowest BCUT2D eigenvalue weighted by Crippen LogP contribution is -2.37. The molecule has 0 unspecified atom stereocenters. The summed E-state index contributed by atoms with van der Waals surface area (Å²) in [5, 5.41) is 0. The highest BCUT2D eigenvalue weighted by Crippen LogP contribution is 2.29. The van der Waals surface area contributed by atoms with E-state index < -0.39 is 28.5 Å². The van der Waals surface area contributed by atoms with E-state index in [2.05, 4.69) is 4.74 Å². The van der Waals surface area contributed by atoms with Crippen LogP contribution in [-0.2, 0) is 24.3 Å². The number of carbonyl (C=O) groups excluding carboxylic acids is 2. The second kappa shape index (κ2) is 9.11. The van der Waals surface area contributed by atoms with Gasteiger partial charge in [-0.1, -0.05) is 6.07 Å². The second-order valence-electron chi connectivity index (χ2n) is 5.76. The predicted molar refractivity (Wildman–Crippen MR) is 107 cm³/mol. The van der Waals surface area contributed by atoms with Crippen molar-refractivity contribution < 1.29 is 27.5 Å². The van der Waals surface area contributed by atoms with Gasteiger partial charge in [-0.2, -0.15) is 0 Å². The number of hydrogen-bond donors (Lipinski definition) is 0. The lowest BCUT2D eigenvalue weighted by molar-refractivity contribution is -0.138. The van der Waals surface area contributed by atoms with Crippen LogP contribution in [0.4, 0.5) is 5.69 Å². The average Bonchev–Trinajstić information content (AvgIpc) is 2.71. The first-order valence-corrected chi connectivity index (χ1v) is 10.8. The van der Waals surface area contributed by atoms with Crippen molar-refractivity contribution in [3.8, 4) is 0 Å². The zero-order valence-corrected chi connectivity index (χ0v) is 17.6. The number of hydrogen-bond acceptors (Lipinski definition) is 7. The molecule has 9 heteroatoms. The van der Waals surface area contributed by atoms with Crippen LogP contribution in [0.1, 0.15) is 15.9 Å². The van der Waals surface area contributed by atoms with E-state index in [0.29, 0.717) is 5.56 Å². The number of thioether (sulfide) groups is 1. The Bertz CT molecular complexity index is 970. The molecule has 0 atom stereocenters. The molecule has 2 aromatic rings. The Kier molecular flexibility index (Phi) is 7.09. The summed E-state index contributed by atoms with van der Waals surface area (Å²) in [5.41, 5.74) is 0.939. The first-order chi connectivity index (χ1) is 13.2. The number of nitrogens with zero attached hydrogens (tertiary/aromatic N) is 1. The molecule has 0 bridgehead atoms. The monoisotopic (exact) mass is 423 g/mol. The molecule has 0 aliphatic carbocycles. The van der Waals surface area contributed by atoms with Crippen LogP contribution in [0.15, 0.2) is 52.3 Å². The van der Waals surface area contributed by atoms with Crippen molar-refractivity contribution in [3.63, 3.8) is 0 Å². The number of rotatable bonds is 7. The van der Waals surface area contributed by atoms with Crippen molar-refractivity contribution in [1.82, 2.24) is 0 Å². The zero-order chi connectivity index (χ0) is 20.9. The average molecular weight is 424 g/mol. The van der Waals surface area contributed by atoms with Gasteiger partial charge in [0.25, 0.3) is 10.0 Å². The Morgan fingerprint density at radius 3 is 2.21 bits per heavy atom. The van der Waals surface area contributed by atoms with E-state index >= 15 is 0 Å². The molecule has 0 aromatic heterocycles. The van der Waals surface area contributed by atoms with E-state index in [4.69, 9.17) is 4.74 Å². The summed E-state index contributed by atoms with van der Waals surface area (Å²) in [5.74, 6) is -1.34. The van der Waals surface area contributed by atoms with E-state index in [1.54, 1.807) is 25.1 Å². The number of benzene rings is 2. The minimum atomic E-state index is -4.08. The number of ether oxygens (including phenoxy) is 2. The molecule has 0 heterocycles. The maximum Gasteiger partial charge on any atom is 0.337 e. The first kappa shape index (κ1) is 21.8. The lowest BCUT2D eigenvalue weighted by atomic mass is 10.1. The molecule has 7 nitrogen and oxygen atoms in total. The Morgan fingerprint density at radius 2 is 1.68 bits per heavy atom. The van der Waals surface area contributed by atoms with E-state index in [1.807, 2.05) is 6.26 Å². The van der Waals surface area contributed by atoms with Gasteiger partial charge in [-0.05, 0) is 55.1 Å². The highest BCUT2D eigenvalue weighted by atomic mass is 32.2. The molecule has 28 heavy (non-hydrogen) atoms. The van der Waals surface area contributed by atoms with Crippen LogP contribution in [0.2, 0.25) is 0 Å². The Hall–Kier alpha value is -2.52. The fraction of sp³-hybridized carbons (Fsp3) is 0.263. The van der Waals surface area contributed by atoms with Crippen molar-refractivity contribution in [3.05, 3.63) is 53.6 Å². The Labute approximate surface area is 168 Å². The fourth-order valence-electron chi connectivity index (χ4n) is 2.48. The largest absolute Gasteiger partial charge is 0.468 e. The highest BCUT2D eigenvalue weighted by molar-refractivity contribution is 7.98. The second-order valence-corrected chi connectivity index (χ2v) is 8.50. The van der Waals surface area contributed by atoms with Gasteiger partial charge in [0, 0.05) is 4.90 Å². The molecule has 2 aromatic carbocycles. The molecule has 0 radical (unpaired) electrons. The summed E-state index contributed by atoms with van der Waals surface area (Å²) in [6.45, 7) is 1.15. The summed E-state index contributed by atoms with van der Waals surface area (Å²) in [6.07, 6.45) is 1.88. The smallest absolute Gasteiger partial charge is 0.337 e. The SMILES string of the molecule is COC(=O)CN(c1cc(C(=O)OC)ccc1C)S(=O)(=O)c1ccc(SC)cc1.